The highest BCUT2D eigenvalue weighted by Gasteiger charge is 2.44. The molecule has 7 nitrogen and oxygen atoms in total. The van der Waals surface area contributed by atoms with Gasteiger partial charge in [-0.15, -0.1) is 0 Å². The number of carbonyl (C=O) groups excluding carboxylic acids is 1. The van der Waals surface area contributed by atoms with Crippen molar-refractivity contribution in [2.75, 3.05) is 31.8 Å². The number of likely N-dealkylation sites (N-methyl/N-ethyl adjacent to an activating group) is 1. The first-order chi connectivity index (χ1) is 11.2. The van der Waals surface area contributed by atoms with Gasteiger partial charge >= 0.3 is 6.03 Å². The first kappa shape index (κ1) is 13.4. The summed E-state index contributed by atoms with van der Waals surface area (Å²) in [6.07, 6.45) is 0.952. The standard InChI is InChI=1S/C15H16N4O3S/c1-18-5-4-9-8(6-18)16-14(20)19(9)15-17-12-11(23-15)3-2-10-13(12)22-7-21-10/h2-3,8-9H,4-7H2,1H3,(H,16,20)/t8-,9+/m0/s1. The largest absolute Gasteiger partial charge is 0.454 e. The predicted molar refractivity (Wildman–Crippen MR) is 86.4 cm³/mol. The molecule has 2 atom stereocenters. The summed E-state index contributed by atoms with van der Waals surface area (Å²) in [4.78, 5) is 21.2. The summed E-state index contributed by atoms with van der Waals surface area (Å²) in [5.74, 6) is 1.40. The van der Waals surface area contributed by atoms with Crippen molar-refractivity contribution in [3.63, 3.8) is 0 Å². The van der Waals surface area contributed by atoms with E-state index in [0.29, 0.717) is 5.75 Å². The van der Waals surface area contributed by atoms with Crippen LogP contribution in [0.3, 0.4) is 0 Å². The Kier molecular flexibility index (Phi) is 2.75. The van der Waals surface area contributed by atoms with Crippen molar-refractivity contribution < 1.29 is 14.3 Å². The average Bonchev–Trinajstić information content (AvgIpc) is 3.20. The maximum absolute atomic E-state index is 12.5. The second-order valence-corrected chi connectivity index (χ2v) is 7.20. The molecule has 1 aromatic heterocycles. The molecular weight excluding hydrogens is 316 g/mol. The van der Waals surface area contributed by atoms with Gasteiger partial charge in [0.15, 0.2) is 16.6 Å². The summed E-state index contributed by atoms with van der Waals surface area (Å²) in [6.45, 7) is 2.09. The van der Waals surface area contributed by atoms with Gasteiger partial charge in [-0.05, 0) is 32.1 Å². The summed E-state index contributed by atoms with van der Waals surface area (Å²) in [6, 6.07) is 4.16. The first-order valence-electron chi connectivity index (χ1n) is 7.68. The Morgan fingerprint density at radius 3 is 3.22 bits per heavy atom. The molecular formula is C15H16N4O3S. The number of carbonyl (C=O) groups is 1. The van der Waals surface area contributed by atoms with Crippen molar-refractivity contribution in [3.8, 4) is 11.5 Å². The van der Waals surface area contributed by atoms with E-state index >= 15 is 0 Å². The molecule has 5 rings (SSSR count). The van der Waals surface area contributed by atoms with Crippen LogP contribution in [-0.4, -0.2) is 54.9 Å². The molecule has 0 unspecified atom stereocenters. The highest BCUT2D eigenvalue weighted by molar-refractivity contribution is 7.22. The smallest absolute Gasteiger partial charge is 0.324 e. The number of urea groups is 1. The molecule has 1 aromatic carbocycles. The number of nitrogens with zero attached hydrogens (tertiary/aromatic N) is 3. The van der Waals surface area contributed by atoms with Gasteiger partial charge in [-0.25, -0.2) is 9.78 Å². The minimum Gasteiger partial charge on any atom is -0.454 e. The van der Waals surface area contributed by atoms with Crippen LogP contribution in [-0.2, 0) is 0 Å². The van der Waals surface area contributed by atoms with Crippen molar-refractivity contribution in [1.29, 1.82) is 0 Å². The summed E-state index contributed by atoms with van der Waals surface area (Å²) < 4.78 is 11.9. The molecule has 0 aliphatic carbocycles. The summed E-state index contributed by atoms with van der Waals surface area (Å²) in [5, 5.41) is 3.82. The SMILES string of the molecule is CN1CC[C@@H]2[C@H](C1)NC(=O)N2c1nc2c3c(ccc2s1)OCO3. The van der Waals surface area contributed by atoms with E-state index in [1.807, 2.05) is 17.0 Å². The van der Waals surface area contributed by atoms with Gasteiger partial charge in [-0.2, -0.15) is 0 Å². The molecule has 1 N–H and O–H groups in total. The molecule has 0 radical (unpaired) electrons. The molecule has 2 aromatic rings. The molecule has 2 saturated heterocycles. The van der Waals surface area contributed by atoms with Gasteiger partial charge in [-0.1, -0.05) is 11.3 Å². The van der Waals surface area contributed by atoms with Crippen LogP contribution in [0.1, 0.15) is 6.42 Å². The Balaban J connectivity index is 1.56. The van der Waals surface area contributed by atoms with Crippen LogP contribution >= 0.6 is 11.3 Å². The molecule has 8 heteroatoms. The van der Waals surface area contributed by atoms with Crippen LogP contribution in [0.4, 0.5) is 9.93 Å². The zero-order valence-corrected chi connectivity index (χ0v) is 13.4. The van der Waals surface area contributed by atoms with E-state index in [9.17, 15) is 4.79 Å². The van der Waals surface area contributed by atoms with E-state index in [2.05, 4.69) is 17.3 Å². The summed E-state index contributed by atoms with van der Waals surface area (Å²) >= 11 is 1.53. The zero-order valence-electron chi connectivity index (χ0n) is 12.6. The van der Waals surface area contributed by atoms with Gasteiger partial charge in [0.25, 0.3) is 0 Å². The van der Waals surface area contributed by atoms with Gasteiger partial charge in [-0.3, -0.25) is 4.90 Å². The van der Waals surface area contributed by atoms with Gasteiger partial charge in [0.05, 0.1) is 16.8 Å². The minimum atomic E-state index is -0.0526. The fourth-order valence-electron chi connectivity index (χ4n) is 3.61. The Morgan fingerprint density at radius 1 is 1.39 bits per heavy atom. The fourth-order valence-corrected chi connectivity index (χ4v) is 4.63. The molecule has 2 fully saturated rings. The highest BCUT2D eigenvalue weighted by atomic mass is 32.1. The molecule has 4 heterocycles. The summed E-state index contributed by atoms with van der Waals surface area (Å²) in [5.41, 5.74) is 0.782. The molecule has 0 saturated carbocycles. The molecule has 3 aliphatic rings. The first-order valence-corrected chi connectivity index (χ1v) is 8.50. The Bertz CT molecular complexity index is 807. The monoisotopic (exact) mass is 332 g/mol. The summed E-state index contributed by atoms with van der Waals surface area (Å²) in [7, 11) is 2.09. The number of thiazole rings is 1. The van der Waals surface area contributed by atoms with E-state index in [1.165, 1.54) is 11.3 Å². The minimum absolute atomic E-state index is 0.0526. The van der Waals surface area contributed by atoms with Crippen LogP contribution in [0.2, 0.25) is 0 Å². The maximum atomic E-state index is 12.5. The third-order valence-corrected chi connectivity index (χ3v) is 5.75. The Hall–Kier alpha value is -2.06. The average molecular weight is 332 g/mol. The van der Waals surface area contributed by atoms with Gasteiger partial charge in [0.2, 0.25) is 6.79 Å². The van der Waals surface area contributed by atoms with Gasteiger partial charge < -0.3 is 19.7 Å². The number of likely N-dealkylation sites (tertiary alicyclic amines) is 1. The van der Waals surface area contributed by atoms with E-state index in [1.54, 1.807) is 0 Å². The van der Waals surface area contributed by atoms with Gasteiger partial charge in [0.1, 0.15) is 5.52 Å². The molecule has 120 valence electrons. The number of piperidine rings is 1. The topological polar surface area (TPSA) is 66.9 Å². The molecule has 0 bridgehead atoms. The number of nitrogens with one attached hydrogen (secondary N) is 1. The van der Waals surface area contributed by atoms with Gasteiger partial charge in [0, 0.05) is 6.54 Å². The molecule has 23 heavy (non-hydrogen) atoms. The number of hydrogen-bond donors (Lipinski definition) is 1. The van der Waals surface area contributed by atoms with Crippen LogP contribution in [0.25, 0.3) is 10.2 Å². The van der Waals surface area contributed by atoms with E-state index < -0.39 is 0 Å². The number of ether oxygens (including phenoxy) is 2. The third-order valence-electron chi connectivity index (χ3n) is 4.73. The predicted octanol–water partition coefficient (Wildman–Crippen LogP) is 1.63. The van der Waals surface area contributed by atoms with E-state index in [4.69, 9.17) is 14.5 Å². The lowest BCUT2D eigenvalue weighted by molar-refractivity contribution is 0.174. The molecule has 2 amide bonds. The quantitative estimate of drug-likeness (QED) is 0.860. The van der Waals surface area contributed by atoms with Crippen LogP contribution in [0.15, 0.2) is 12.1 Å². The number of rotatable bonds is 1. The number of hydrogen-bond acceptors (Lipinski definition) is 6. The normalized spacial score (nSPS) is 26.7. The zero-order chi connectivity index (χ0) is 15.6. The number of benzene rings is 1. The van der Waals surface area contributed by atoms with Crippen molar-refractivity contribution >= 4 is 32.7 Å². The number of amides is 2. The van der Waals surface area contributed by atoms with Crippen molar-refractivity contribution in [2.45, 2.75) is 18.5 Å². The molecule has 3 aliphatic heterocycles. The maximum Gasteiger partial charge on any atom is 0.324 e. The van der Waals surface area contributed by atoms with E-state index in [-0.39, 0.29) is 24.9 Å². The Morgan fingerprint density at radius 2 is 2.30 bits per heavy atom. The number of fused-ring (bicyclic) bond motifs is 4. The Labute approximate surface area is 136 Å². The van der Waals surface area contributed by atoms with Crippen LogP contribution < -0.4 is 19.7 Å². The molecule has 0 spiro atoms. The van der Waals surface area contributed by atoms with Crippen LogP contribution in [0.5, 0.6) is 11.5 Å². The lowest BCUT2D eigenvalue weighted by Gasteiger charge is -2.33. The van der Waals surface area contributed by atoms with Crippen LogP contribution in [0, 0.1) is 0 Å². The second kappa shape index (κ2) is 4.72. The number of aromatic nitrogens is 1. The lowest BCUT2D eigenvalue weighted by Crippen LogP contribution is -2.49. The van der Waals surface area contributed by atoms with Crippen molar-refractivity contribution in [2.24, 2.45) is 0 Å². The van der Waals surface area contributed by atoms with Crippen molar-refractivity contribution in [1.82, 2.24) is 15.2 Å². The highest BCUT2D eigenvalue weighted by Crippen LogP contribution is 2.43. The number of anilines is 1. The van der Waals surface area contributed by atoms with Crippen molar-refractivity contribution in [3.05, 3.63) is 12.1 Å². The van der Waals surface area contributed by atoms with E-state index in [0.717, 1.165) is 40.6 Å². The third kappa shape index (κ3) is 1.91. The second-order valence-electron chi connectivity index (χ2n) is 6.19. The fraction of sp³-hybridized carbons (Fsp3) is 0.467. The lowest BCUT2D eigenvalue weighted by atomic mass is 10.0.